The molecular weight excluding hydrogens is 260 g/mol. The van der Waals surface area contributed by atoms with Crippen molar-refractivity contribution in [1.29, 1.82) is 0 Å². The minimum Gasteiger partial charge on any atom is -0.396 e. The third kappa shape index (κ3) is 4.08. The Labute approximate surface area is 117 Å². The van der Waals surface area contributed by atoms with Crippen molar-refractivity contribution in [2.24, 2.45) is 5.92 Å². The number of nitrogens with one attached hydrogen (secondary N) is 2. The Bertz CT molecular complexity index is 431. The van der Waals surface area contributed by atoms with Gasteiger partial charge in [-0.15, -0.1) is 0 Å². The fourth-order valence-electron chi connectivity index (χ4n) is 2.16. The molecule has 3 atom stereocenters. The summed E-state index contributed by atoms with van der Waals surface area (Å²) >= 11 is 1.67. The predicted molar refractivity (Wildman–Crippen MR) is 77.4 cm³/mol. The quantitative estimate of drug-likeness (QED) is 0.723. The number of carbonyl (C=O) groups excluding carboxylic acids is 1. The SMILES string of the molecule is CC(CNC(=O)N[C@@H]1C=C[C@H](CO)C1)c1ccsc1. The third-order valence-corrected chi connectivity index (χ3v) is 4.11. The summed E-state index contributed by atoms with van der Waals surface area (Å²) in [6.07, 6.45) is 4.69. The van der Waals surface area contributed by atoms with Gasteiger partial charge >= 0.3 is 6.03 Å². The Balaban J connectivity index is 1.69. The number of thiophene rings is 1. The fourth-order valence-corrected chi connectivity index (χ4v) is 2.94. The van der Waals surface area contributed by atoms with Gasteiger partial charge in [0, 0.05) is 25.1 Å². The van der Waals surface area contributed by atoms with E-state index < -0.39 is 0 Å². The minimum atomic E-state index is -0.143. The molecular formula is C14H20N2O2S. The monoisotopic (exact) mass is 280 g/mol. The lowest BCUT2D eigenvalue weighted by Crippen LogP contribution is -2.42. The van der Waals surface area contributed by atoms with Crippen LogP contribution in [0, 0.1) is 5.92 Å². The van der Waals surface area contributed by atoms with Gasteiger partial charge in [-0.3, -0.25) is 0 Å². The maximum absolute atomic E-state index is 11.8. The van der Waals surface area contributed by atoms with Gasteiger partial charge in [0.15, 0.2) is 0 Å². The first-order valence-corrected chi connectivity index (χ1v) is 7.49. The van der Waals surface area contributed by atoms with Crippen LogP contribution in [0.4, 0.5) is 4.79 Å². The molecule has 2 amide bonds. The summed E-state index contributed by atoms with van der Waals surface area (Å²) in [4.78, 5) is 11.8. The van der Waals surface area contributed by atoms with Gasteiger partial charge in [-0.25, -0.2) is 4.79 Å². The maximum Gasteiger partial charge on any atom is 0.315 e. The molecule has 0 fully saturated rings. The van der Waals surface area contributed by atoms with E-state index in [1.807, 2.05) is 17.5 Å². The number of urea groups is 1. The third-order valence-electron chi connectivity index (χ3n) is 3.40. The Hall–Kier alpha value is -1.33. The van der Waals surface area contributed by atoms with E-state index in [0.29, 0.717) is 12.5 Å². The van der Waals surface area contributed by atoms with Gasteiger partial charge in [-0.05, 0) is 34.7 Å². The average molecular weight is 280 g/mol. The highest BCUT2D eigenvalue weighted by atomic mass is 32.1. The zero-order chi connectivity index (χ0) is 13.7. The predicted octanol–water partition coefficient (Wildman–Crippen LogP) is 2.09. The standard InChI is InChI=1S/C14H20N2O2S/c1-10(12-4-5-19-9-12)7-15-14(18)16-13-3-2-11(6-13)8-17/h2-5,9-11,13,17H,6-8H2,1H3,(H2,15,16,18)/t10?,11-,13+/m0/s1. The van der Waals surface area contributed by atoms with Crippen LogP contribution in [0.5, 0.6) is 0 Å². The molecule has 0 bridgehead atoms. The summed E-state index contributed by atoms with van der Waals surface area (Å²) in [6, 6.07) is 1.98. The Kier molecular flexibility index (Phi) is 4.99. The summed E-state index contributed by atoms with van der Waals surface area (Å²) in [5.41, 5.74) is 1.26. The van der Waals surface area contributed by atoms with Crippen molar-refractivity contribution in [1.82, 2.24) is 10.6 Å². The van der Waals surface area contributed by atoms with Crippen molar-refractivity contribution >= 4 is 17.4 Å². The van der Waals surface area contributed by atoms with E-state index in [9.17, 15) is 4.79 Å². The van der Waals surface area contributed by atoms with E-state index in [1.165, 1.54) is 5.56 Å². The molecule has 1 aromatic heterocycles. The van der Waals surface area contributed by atoms with Crippen molar-refractivity contribution in [3.05, 3.63) is 34.5 Å². The van der Waals surface area contributed by atoms with E-state index in [1.54, 1.807) is 11.3 Å². The molecule has 0 saturated carbocycles. The fraction of sp³-hybridized carbons (Fsp3) is 0.500. The average Bonchev–Trinajstić information content (AvgIpc) is 3.06. The highest BCUT2D eigenvalue weighted by molar-refractivity contribution is 7.07. The number of hydrogen-bond donors (Lipinski definition) is 3. The van der Waals surface area contributed by atoms with Crippen LogP contribution in [0.3, 0.4) is 0 Å². The van der Waals surface area contributed by atoms with Gasteiger partial charge in [0.05, 0.1) is 0 Å². The minimum absolute atomic E-state index is 0.0357. The molecule has 0 aromatic carbocycles. The number of hydrogen-bond acceptors (Lipinski definition) is 3. The normalized spacial score (nSPS) is 23.3. The van der Waals surface area contributed by atoms with Gasteiger partial charge in [-0.2, -0.15) is 11.3 Å². The van der Waals surface area contributed by atoms with Crippen molar-refractivity contribution in [3.8, 4) is 0 Å². The largest absolute Gasteiger partial charge is 0.396 e. The van der Waals surface area contributed by atoms with Gasteiger partial charge in [0.1, 0.15) is 0 Å². The smallest absolute Gasteiger partial charge is 0.315 e. The number of amides is 2. The molecule has 0 radical (unpaired) electrons. The van der Waals surface area contributed by atoms with Crippen LogP contribution in [0.15, 0.2) is 29.0 Å². The molecule has 1 aromatic rings. The van der Waals surface area contributed by atoms with Gasteiger partial charge < -0.3 is 15.7 Å². The summed E-state index contributed by atoms with van der Waals surface area (Å²) in [5, 5.41) is 19.0. The number of rotatable bonds is 5. The molecule has 2 rings (SSSR count). The molecule has 104 valence electrons. The second-order valence-electron chi connectivity index (χ2n) is 4.98. The molecule has 0 aliphatic heterocycles. The Morgan fingerprint density at radius 3 is 3.05 bits per heavy atom. The molecule has 1 heterocycles. The molecule has 1 unspecified atom stereocenters. The molecule has 1 aliphatic rings. The lowest BCUT2D eigenvalue weighted by atomic mass is 10.1. The molecule has 0 spiro atoms. The molecule has 19 heavy (non-hydrogen) atoms. The van der Waals surface area contributed by atoms with E-state index in [4.69, 9.17) is 5.11 Å². The van der Waals surface area contributed by atoms with Crippen LogP contribution in [0.1, 0.15) is 24.8 Å². The molecule has 0 saturated heterocycles. The Morgan fingerprint density at radius 2 is 2.42 bits per heavy atom. The first-order valence-electron chi connectivity index (χ1n) is 6.54. The van der Waals surface area contributed by atoms with E-state index in [0.717, 1.165) is 6.42 Å². The van der Waals surface area contributed by atoms with Crippen LogP contribution in [0.25, 0.3) is 0 Å². The first kappa shape index (κ1) is 14.1. The summed E-state index contributed by atoms with van der Waals surface area (Å²) in [5.74, 6) is 0.497. The van der Waals surface area contributed by atoms with Crippen molar-refractivity contribution in [3.63, 3.8) is 0 Å². The molecule has 3 N–H and O–H groups in total. The molecule has 5 heteroatoms. The van der Waals surface area contributed by atoms with Gasteiger partial charge in [-0.1, -0.05) is 19.1 Å². The van der Waals surface area contributed by atoms with Crippen molar-refractivity contribution in [2.45, 2.75) is 25.3 Å². The number of aliphatic hydroxyl groups excluding tert-OH is 1. The lowest BCUT2D eigenvalue weighted by molar-refractivity contribution is 0.231. The topological polar surface area (TPSA) is 61.4 Å². The molecule has 4 nitrogen and oxygen atoms in total. The van der Waals surface area contributed by atoms with Crippen LogP contribution in [-0.4, -0.2) is 30.3 Å². The summed E-state index contributed by atoms with van der Waals surface area (Å²) in [6.45, 7) is 2.87. The van der Waals surface area contributed by atoms with Crippen LogP contribution < -0.4 is 10.6 Å². The summed E-state index contributed by atoms with van der Waals surface area (Å²) < 4.78 is 0. The maximum atomic E-state index is 11.8. The van der Waals surface area contributed by atoms with Crippen LogP contribution in [-0.2, 0) is 0 Å². The highest BCUT2D eigenvalue weighted by Gasteiger charge is 2.19. The highest BCUT2D eigenvalue weighted by Crippen LogP contribution is 2.18. The van der Waals surface area contributed by atoms with E-state index in [2.05, 4.69) is 29.0 Å². The zero-order valence-electron chi connectivity index (χ0n) is 11.0. The van der Waals surface area contributed by atoms with E-state index >= 15 is 0 Å². The van der Waals surface area contributed by atoms with Crippen LogP contribution >= 0.6 is 11.3 Å². The van der Waals surface area contributed by atoms with Crippen molar-refractivity contribution < 1.29 is 9.90 Å². The second kappa shape index (κ2) is 6.73. The first-order chi connectivity index (χ1) is 9.19. The summed E-state index contributed by atoms with van der Waals surface area (Å²) in [7, 11) is 0. The second-order valence-corrected chi connectivity index (χ2v) is 5.76. The van der Waals surface area contributed by atoms with Crippen LogP contribution in [0.2, 0.25) is 0 Å². The zero-order valence-corrected chi connectivity index (χ0v) is 11.8. The number of aliphatic hydroxyl groups is 1. The number of carbonyl (C=O) groups is 1. The van der Waals surface area contributed by atoms with Crippen molar-refractivity contribution in [2.75, 3.05) is 13.2 Å². The lowest BCUT2D eigenvalue weighted by Gasteiger charge is -2.15. The Morgan fingerprint density at radius 1 is 1.58 bits per heavy atom. The van der Waals surface area contributed by atoms with Gasteiger partial charge in [0.2, 0.25) is 0 Å². The molecule has 1 aliphatic carbocycles. The van der Waals surface area contributed by atoms with E-state index in [-0.39, 0.29) is 24.6 Å². The van der Waals surface area contributed by atoms with Gasteiger partial charge in [0.25, 0.3) is 0 Å².